The summed E-state index contributed by atoms with van der Waals surface area (Å²) < 4.78 is 5.21. The highest BCUT2D eigenvalue weighted by Crippen LogP contribution is 2.20. The van der Waals surface area contributed by atoms with E-state index in [4.69, 9.17) is 4.52 Å². The molecule has 0 fully saturated rings. The Bertz CT molecular complexity index is 797. The highest BCUT2D eigenvalue weighted by molar-refractivity contribution is 6.03. The van der Waals surface area contributed by atoms with Crippen molar-refractivity contribution in [3.63, 3.8) is 0 Å². The number of nitrogens with one attached hydrogen (secondary N) is 1. The summed E-state index contributed by atoms with van der Waals surface area (Å²) in [5.74, 6) is 0.725. The van der Waals surface area contributed by atoms with Crippen LogP contribution in [-0.4, -0.2) is 35.1 Å². The summed E-state index contributed by atoms with van der Waals surface area (Å²) in [6.45, 7) is 0. The maximum atomic E-state index is 12.2. The van der Waals surface area contributed by atoms with E-state index in [0.717, 1.165) is 5.56 Å². The molecule has 0 aliphatic carbocycles. The van der Waals surface area contributed by atoms with Gasteiger partial charge in [-0.15, -0.1) is 0 Å². The van der Waals surface area contributed by atoms with Crippen LogP contribution in [0.2, 0.25) is 0 Å². The van der Waals surface area contributed by atoms with Crippen LogP contribution >= 0.6 is 0 Å². The minimum absolute atomic E-state index is 0.195. The van der Waals surface area contributed by atoms with Crippen molar-refractivity contribution in [2.45, 2.75) is 0 Å². The molecule has 2 aromatic heterocycles. The molecule has 0 radical (unpaired) electrons. The molecule has 0 saturated heterocycles. The second kappa shape index (κ2) is 6.27. The lowest BCUT2D eigenvalue weighted by molar-refractivity contribution is 0.101. The summed E-state index contributed by atoms with van der Waals surface area (Å²) >= 11 is 0. The zero-order valence-electron chi connectivity index (χ0n) is 12.7. The number of rotatable bonds is 4. The summed E-state index contributed by atoms with van der Waals surface area (Å²) in [6.07, 6.45) is 3.08. The molecule has 0 saturated carbocycles. The molecule has 3 rings (SSSR count). The van der Waals surface area contributed by atoms with Crippen LogP contribution in [0.4, 0.5) is 11.6 Å². The molecular weight excluding hydrogens is 294 g/mol. The molecule has 0 atom stereocenters. The molecule has 0 spiro atoms. The van der Waals surface area contributed by atoms with E-state index in [1.807, 2.05) is 44.4 Å². The zero-order valence-corrected chi connectivity index (χ0v) is 12.7. The molecule has 1 aromatic carbocycles. The third-order valence-electron chi connectivity index (χ3n) is 3.10. The molecule has 1 amide bonds. The average Bonchev–Trinajstić information content (AvgIpc) is 3.06. The molecule has 116 valence electrons. The van der Waals surface area contributed by atoms with Crippen LogP contribution in [0.1, 0.15) is 10.5 Å². The Kier molecular flexibility index (Phi) is 4.01. The van der Waals surface area contributed by atoms with E-state index >= 15 is 0 Å². The molecule has 7 heteroatoms. The van der Waals surface area contributed by atoms with Crippen LogP contribution in [0.5, 0.6) is 0 Å². The lowest BCUT2D eigenvalue weighted by atomic mass is 10.1. The molecule has 23 heavy (non-hydrogen) atoms. The van der Waals surface area contributed by atoms with E-state index in [-0.39, 0.29) is 11.6 Å². The minimum atomic E-state index is -0.378. The van der Waals surface area contributed by atoms with E-state index in [9.17, 15) is 4.79 Å². The lowest BCUT2D eigenvalue weighted by Crippen LogP contribution is -2.15. The monoisotopic (exact) mass is 309 g/mol. The number of nitrogens with zero attached hydrogens (tertiary/aromatic N) is 4. The number of anilines is 2. The molecule has 0 aliphatic heterocycles. The van der Waals surface area contributed by atoms with Gasteiger partial charge in [0.1, 0.15) is 0 Å². The van der Waals surface area contributed by atoms with Gasteiger partial charge in [-0.25, -0.2) is 9.97 Å². The van der Waals surface area contributed by atoms with Crippen molar-refractivity contribution < 1.29 is 9.32 Å². The van der Waals surface area contributed by atoms with Gasteiger partial charge in [-0.1, -0.05) is 35.5 Å². The summed E-state index contributed by atoms with van der Waals surface area (Å²) in [5, 5.41) is 6.48. The largest absolute Gasteiger partial charge is 0.355 e. The topological polar surface area (TPSA) is 84.2 Å². The van der Waals surface area contributed by atoms with Crippen LogP contribution in [-0.2, 0) is 0 Å². The molecule has 2 heterocycles. The number of hydrogen-bond donors (Lipinski definition) is 1. The van der Waals surface area contributed by atoms with Crippen molar-refractivity contribution in [3.8, 4) is 11.3 Å². The van der Waals surface area contributed by atoms with Gasteiger partial charge in [0.05, 0.1) is 18.1 Å². The first kappa shape index (κ1) is 14.7. The molecule has 0 aliphatic rings. The summed E-state index contributed by atoms with van der Waals surface area (Å²) in [4.78, 5) is 22.2. The highest BCUT2D eigenvalue weighted by Gasteiger charge is 2.14. The van der Waals surface area contributed by atoms with E-state index in [1.165, 1.54) is 0 Å². The van der Waals surface area contributed by atoms with Gasteiger partial charge < -0.3 is 14.7 Å². The van der Waals surface area contributed by atoms with Crippen molar-refractivity contribution in [2.24, 2.45) is 0 Å². The normalized spacial score (nSPS) is 10.3. The SMILES string of the molecule is CN(C)c1ncc(NC(=O)c2cc(-c3ccccc3)on2)cn1. The van der Waals surface area contributed by atoms with Gasteiger partial charge in [-0.2, -0.15) is 0 Å². The van der Waals surface area contributed by atoms with Crippen molar-refractivity contribution in [2.75, 3.05) is 24.3 Å². The molecule has 1 N–H and O–H groups in total. The number of hydrogen-bond acceptors (Lipinski definition) is 6. The fourth-order valence-corrected chi connectivity index (χ4v) is 1.93. The van der Waals surface area contributed by atoms with Crippen molar-refractivity contribution in [1.29, 1.82) is 0 Å². The van der Waals surface area contributed by atoms with Gasteiger partial charge in [-0.05, 0) is 0 Å². The Hall–Kier alpha value is -3.22. The second-order valence-electron chi connectivity index (χ2n) is 5.06. The molecule has 7 nitrogen and oxygen atoms in total. The first-order valence-electron chi connectivity index (χ1n) is 6.96. The lowest BCUT2D eigenvalue weighted by Gasteiger charge is -2.09. The zero-order chi connectivity index (χ0) is 16.2. The number of carbonyl (C=O) groups excluding carboxylic acids is 1. The van der Waals surface area contributed by atoms with Crippen LogP contribution in [0.25, 0.3) is 11.3 Å². The van der Waals surface area contributed by atoms with E-state index in [2.05, 4.69) is 20.4 Å². The van der Waals surface area contributed by atoms with Gasteiger partial charge in [0, 0.05) is 25.7 Å². The van der Waals surface area contributed by atoms with Gasteiger partial charge in [0.25, 0.3) is 5.91 Å². The Balaban J connectivity index is 1.72. The van der Waals surface area contributed by atoms with Crippen molar-refractivity contribution in [1.82, 2.24) is 15.1 Å². The Morgan fingerprint density at radius 3 is 2.48 bits per heavy atom. The smallest absolute Gasteiger partial charge is 0.277 e. The molecule has 0 unspecified atom stereocenters. The van der Waals surface area contributed by atoms with Gasteiger partial charge >= 0.3 is 0 Å². The van der Waals surface area contributed by atoms with E-state index < -0.39 is 0 Å². The molecular formula is C16H15N5O2. The second-order valence-corrected chi connectivity index (χ2v) is 5.06. The maximum Gasteiger partial charge on any atom is 0.277 e. The summed E-state index contributed by atoms with van der Waals surface area (Å²) in [6, 6.07) is 11.1. The Morgan fingerprint density at radius 1 is 1.13 bits per heavy atom. The van der Waals surface area contributed by atoms with Gasteiger partial charge in [0.2, 0.25) is 5.95 Å². The van der Waals surface area contributed by atoms with Crippen LogP contribution < -0.4 is 10.2 Å². The van der Waals surface area contributed by atoms with Crippen molar-refractivity contribution in [3.05, 3.63) is 54.5 Å². The standard InChI is InChI=1S/C16H15N5O2/c1-21(2)16-17-9-12(10-18-16)19-15(22)13-8-14(23-20-13)11-6-4-3-5-7-11/h3-10H,1-2H3,(H,19,22). The Morgan fingerprint density at radius 2 is 1.83 bits per heavy atom. The quantitative estimate of drug-likeness (QED) is 0.797. The van der Waals surface area contributed by atoms with E-state index in [0.29, 0.717) is 17.4 Å². The van der Waals surface area contributed by atoms with Crippen LogP contribution in [0.3, 0.4) is 0 Å². The van der Waals surface area contributed by atoms with Crippen molar-refractivity contribution >= 4 is 17.5 Å². The van der Waals surface area contributed by atoms with Crippen LogP contribution in [0, 0.1) is 0 Å². The average molecular weight is 309 g/mol. The van der Waals surface area contributed by atoms with Gasteiger partial charge in [0.15, 0.2) is 11.5 Å². The highest BCUT2D eigenvalue weighted by atomic mass is 16.5. The number of carbonyl (C=O) groups is 1. The van der Waals surface area contributed by atoms with E-state index in [1.54, 1.807) is 23.4 Å². The number of benzene rings is 1. The minimum Gasteiger partial charge on any atom is -0.355 e. The summed E-state index contributed by atoms with van der Waals surface area (Å²) in [5.41, 5.74) is 1.54. The number of aromatic nitrogens is 3. The third-order valence-corrected chi connectivity index (χ3v) is 3.10. The number of amides is 1. The predicted molar refractivity (Wildman–Crippen MR) is 86.3 cm³/mol. The fourth-order valence-electron chi connectivity index (χ4n) is 1.93. The third kappa shape index (κ3) is 3.34. The predicted octanol–water partition coefficient (Wildman–Crippen LogP) is 2.45. The first-order valence-corrected chi connectivity index (χ1v) is 6.96. The maximum absolute atomic E-state index is 12.2. The first-order chi connectivity index (χ1) is 11.1. The fraction of sp³-hybridized carbons (Fsp3) is 0.125. The van der Waals surface area contributed by atoms with Crippen LogP contribution in [0.15, 0.2) is 53.3 Å². The molecule has 0 bridgehead atoms. The Labute approximate surface area is 133 Å². The molecule has 3 aromatic rings. The van der Waals surface area contributed by atoms with Gasteiger partial charge in [-0.3, -0.25) is 4.79 Å². The summed E-state index contributed by atoms with van der Waals surface area (Å²) in [7, 11) is 3.68.